The monoisotopic (exact) mass is 737 g/mol. The van der Waals surface area contributed by atoms with Crippen LogP contribution in [-0.4, -0.2) is 101 Å². The number of nitrogens with zero attached hydrogens (tertiary/aromatic N) is 3. The zero-order chi connectivity index (χ0) is 42.1. The van der Waals surface area contributed by atoms with Crippen LogP contribution in [0.3, 0.4) is 0 Å². The Labute approximate surface area is 362 Å². The molecular weight excluding hydrogens is 717 g/mol. The van der Waals surface area contributed by atoms with E-state index in [1.807, 2.05) is 109 Å². The Balaban J connectivity index is 1.29. The normalized spacial score (nSPS) is 11.4. The van der Waals surface area contributed by atoms with Crippen molar-refractivity contribution >= 4 is 168 Å². The van der Waals surface area contributed by atoms with Gasteiger partial charge in [-0.25, -0.2) is 15.0 Å². The predicted molar refractivity (Wildman–Crippen MR) is 259 cm³/mol. The van der Waals surface area contributed by atoms with Crippen LogP contribution in [0.1, 0.15) is 0 Å². The second-order valence-electron chi connectivity index (χ2n) is 14.4. The first-order valence-electron chi connectivity index (χ1n) is 18.6. The Morgan fingerprint density at radius 1 is 0.267 bits per heavy atom. The molecule has 0 aliphatic heterocycles. The summed E-state index contributed by atoms with van der Waals surface area (Å²) in [5, 5.41) is 0.528. The Morgan fingerprint density at radius 3 is 1.10 bits per heavy atom. The van der Waals surface area contributed by atoms with Gasteiger partial charge in [0.2, 0.25) is 0 Å². The van der Waals surface area contributed by atoms with Gasteiger partial charge in [-0.1, -0.05) is 142 Å². The highest BCUT2D eigenvalue weighted by atomic mass is 16.3. The maximum atomic E-state index is 7.03. The number of rotatable bonds is 6. The van der Waals surface area contributed by atoms with Crippen LogP contribution in [-0.2, 0) is 0 Å². The zero-order valence-corrected chi connectivity index (χ0v) is 32.0. The van der Waals surface area contributed by atoms with E-state index in [4.69, 9.17) is 106 Å². The smallest absolute Gasteiger partial charge is 0.164 e. The molecule has 60 heavy (non-hydrogen) atoms. The molecule has 0 N–H and O–H groups in total. The van der Waals surface area contributed by atoms with E-state index in [9.17, 15) is 0 Å². The van der Waals surface area contributed by atoms with Gasteiger partial charge in [0.25, 0.3) is 0 Å². The molecule has 0 atom stereocenters. The van der Waals surface area contributed by atoms with Crippen molar-refractivity contribution in [3.8, 4) is 67.5 Å². The Bertz CT molecular complexity index is 3060. The lowest BCUT2D eigenvalue weighted by molar-refractivity contribution is 0.674. The molecule has 0 fully saturated rings. The molecule has 7 aromatic carbocycles. The van der Waals surface area contributed by atoms with E-state index in [1.54, 1.807) is 0 Å². The molecule has 0 aliphatic carbocycles. The summed E-state index contributed by atoms with van der Waals surface area (Å²) in [6.45, 7) is 0. The van der Waals surface area contributed by atoms with E-state index in [-0.39, 0.29) is 105 Å². The number of benzene rings is 7. The van der Waals surface area contributed by atoms with Crippen LogP contribution in [0.25, 0.3) is 89.5 Å². The fourth-order valence-electron chi connectivity index (χ4n) is 7.62. The third kappa shape index (κ3) is 6.36. The Morgan fingerprint density at radius 2 is 0.617 bits per heavy atom. The number of fused-ring (bicyclic) bond motifs is 3. The summed E-state index contributed by atoms with van der Waals surface area (Å²) >= 11 is 0. The molecule has 0 saturated carbocycles. The highest BCUT2D eigenvalue weighted by molar-refractivity contribution is 6.71. The lowest BCUT2D eigenvalue weighted by Crippen LogP contribution is -2.56. The van der Waals surface area contributed by atoms with Gasteiger partial charge in [0.15, 0.2) is 17.5 Å². The first-order valence-corrected chi connectivity index (χ1v) is 18.6. The van der Waals surface area contributed by atoms with Crippen LogP contribution in [0.5, 0.6) is 0 Å². The minimum Gasteiger partial charge on any atom is -0.457 e. The maximum Gasteiger partial charge on any atom is 0.164 e. The average Bonchev–Trinajstić information content (AvgIpc) is 3.69. The highest BCUT2D eigenvalue weighted by Crippen LogP contribution is 2.33. The van der Waals surface area contributed by atoms with Crippen LogP contribution in [0.15, 0.2) is 114 Å². The highest BCUT2D eigenvalue weighted by Gasteiger charge is 2.27. The molecule has 2 aromatic heterocycles. The van der Waals surface area contributed by atoms with E-state index in [0.29, 0.717) is 11.6 Å². The summed E-state index contributed by atoms with van der Waals surface area (Å²) in [5.74, 6) is 0.860. The SMILES string of the molecule is [B]c1c([B])c([B])c(-c2c([B])c([B])c([B])c3oc4c([B])c(-c5nc(-c6ccc(-c7ccccc7)cc6)nc(-c6ccc(-c7ccccc7)cc6)n5)c([B])c([B])c4c23)c([B])c1[B]. The van der Waals surface area contributed by atoms with Crippen LogP contribution in [0.2, 0.25) is 0 Å². The minimum atomic E-state index is -0.0158. The molecule has 2 heterocycles. The zero-order valence-electron chi connectivity index (χ0n) is 32.0. The van der Waals surface area contributed by atoms with E-state index in [1.165, 1.54) is 0 Å². The molecule has 15 heteroatoms. The molecule has 9 aromatic rings. The van der Waals surface area contributed by atoms with Crippen molar-refractivity contribution in [1.29, 1.82) is 0 Å². The molecule has 0 aliphatic rings. The third-order valence-electron chi connectivity index (χ3n) is 10.9. The summed E-state index contributed by atoms with van der Waals surface area (Å²) in [6, 6.07) is 35.9. The van der Waals surface area contributed by atoms with Crippen LogP contribution in [0.4, 0.5) is 0 Å². The molecule has 4 nitrogen and oxygen atoms in total. The molecule has 22 radical (unpaired) electrons. The summed E-state index contributed by atoms with van der Waals surface area (Å²) < 4.78 is 6.45. The minimum absolute atomic E-state index is 0.000651. The van der Waals surface area contributed by atoms with Gasteiger partial charge in [0.05, 0.1) is 0 Å². The van der Waals surface area contributed by atoms with Crippen molar-refractivity contribution in [1.82, 2.24) is 15.0 Å². The first kappa shape index (κ1) is 39.5. The standard InChI is InChI=1S/C45H18B11N3O/c46-30-25(27-31(47)36(52)39(55)37(53)32(27)48)26-28-33(49)34(50)29(35(51)42(28)60-41(26)40(56)38(30)54)45-58-43(23-15-11-21(12-16-23)19-7-3-1-4-8-19)57-44(59-45)24-17-13-22(14-18-24)20-9-5-2-6-10-20/h1-18H. The van der Waals surface area contributed by atoms with Crippen LogP contribution < -0.4 is 60.1 Å². The lowest BCUT2D eigenvalue weighted by Gasteiger charge is -2.25. The van der Waals surface area contributed by atoms with E-state index < -0.39 is 0 Å². The number of hydrogen-bond acceptors (Lipinski definition) is 4. The summed E-state index contributed by atoms with van der Waals surface area (Å²) in [4.78, 5) is 14.8. The van der Waals surface area contributed by atoms with Crippen molar-refractivity contribution in [2.24, 2.45) is 0 Å². The van der Waals surface area contributed by atoms with Crippen molar-refractivity contribution < 1.29 is 4.42 Å². The number of hydrogen-bond donors (Lipinski definition) is 0. The quantitative estimate of drug-likeness (QED) is 0.196. The van der Waals surface area contributed by atoms with Gasteiger partial charge in [-0.05, 0) is 38.8 Å². The van der Waals surface area contributed by atoms with Crippen molar-refractivity contribution in [2.45, 2.75) is 0 Å². The molecule has 9 rings (SSSR count). The molecule has 0 bridgehead atoms. The van der Waals surface area contributed by atoms with E-state index in [0.717, 1.165) is 33.4 Å². The van der Waals surface area contributed by atoms with E-state index in [2.05, 4.69) is 0 Å². The molecule has 252 valence electrons. The maximum absolute atomic E-state index is 7.03. The fraction of sp³-hybridized carbons (Fsp3) is 0. The predicted octanol–water partition coefficient (Wildman–Crippen LogP) is -1.50. The molecule has 0 saturated heterocycles. The van der Waals surface area contributed by atoms with Crippen molar-refractivity contribution in [2.75, 3.05) is 0 Å². The van der Waals surface area contributed by atoms with Crippen LogP contribution in [0, 0.1) is 0 Å². The Kier molecular flexibility index (Phi) is 10.1. The lowest BCUT2D eigenvalue weighted by atomic mass is 9.58. The van der Waals surface area contributed by atoms with Crippen molar-refractivity contribution in [3.05, 3.63) is 109 Å². The Hall–Kier alpha value is -5.94. The number of aromatic nitrogens is 3. The first-order chi connectivity index (χ1) is 28.8. The molecular formula is C45H18B11N3O. The summed E-state index contributed by atoms with van der Waals surface area (Å²) in [7, 11) is 72.5. The van der Waals surface area contributed by atoms with Gasteiger partial charge in [0.1, 0.15) is 97.5 Å². The molecule has 0 spiro atoms. The molecule has 0 amide bonds. The molecule has 0 unspecified atom stereocenters. The van der Waals surface area contributed by atoms with Gasteiger partial charge < -0.3 is 4.42 Å². The number of furan rings is 1. The van der Waals surface area contributed by atoms with Gasteiger partial charge in [0, 0.05) is 27.5 Å². The van der Waals surface area contributed by atoms with Gasteiger partial charge in [-0.15, -0.1) is 21.9 Å². The van der Waals surface area contributed by atoms with Gasteiger partial charge >= 0.3 is 0 Å². The van der Waals surface area contributed by atoms with Gasteiger partial charge in [-0.3, -0.25) is 0 Å². The van der Waals surface area contributed by atoms with Crippen molar-refractivity contribution in [3.63, 3.8) is 0 Å². The topological polar surface area (TPSA) is 51.8 Å². The van der Waals surface area contributed by atoms with E-state index >= 15 is 0 Å². The van der Waals surface area contributed by atoms with Gasteiger partial charge in [-0.2, -0.15) is 0 Å². The third-order valence-corrected chi connectivity index (χ3v) is 10.9. The average molecular weight is 736 g/mol. The summed E-state index contributed by atoms with van der Waals surface area (Å²) in [5.41, 5.74) is 6.50. The fourth-order valence-corrected chi connectivity index (χ4v) is 7.62. The largest absolute Gasteiger partial charge is 0.457 e. The summed E-state index contributed by atoms with van der Waals surface area (Å²) in [6.07, 6.45) is 0. The second kappa shape index (κ2) is 15.3. The van der Waals surface area contributed by atoms with Crippen LogP contribution >= 0.6 is 0 Å². The second-order valence-corrected chi connectivity index (χ2v) is 14.4.